The molecule has 0 aliphatic heterocycles. The van der Waals surface area contributed by atoms with E-state index in [-0.39, 0.29) is 17.6 Å². The number of pyridine rings is 1. The SMILES string of the molecule is CCOCOc1c(-c2nccc3c2c(OSc2ccccc2)cc2cc(Cl)ccc23)cc2cc(CC(C)(C)C)ccc2c1CC(C)(C)C. The van der Waals surface area contributed by atoms with Gasteiger partial charge in [-0.2, -0.15) is 0 Å². The fourth-order valence-corrected chi connectivity index (χ4v) is 7.12. The highest BCUT2D eigenvalue weighted by Crippen LogP contribution is 2.47. The summed E-state index contributed by atoms with van der Waals surface area (Å²) < 4.78 is 19.0. The van der Waals surface area contributed by atoms with Gasteiger partial charge < -0.3 is 13.7 Å². The van der Waals surface area contributed by atoms with Crippen molar-refractivity contribution in [3.05, 3.63) is 107 Å². The van der Waals surface area contributed by atoms with Crippen LogP contribution in [-0.4, -0.2) is 18.4 Å². The van der Waals surface area contributed by atoms with Crippen LogP contribution in [0.15, 0.2) is 96.0 Å². The number of fused-ring (bicyclic) bond motifs is 4. The van der Waals surface area contributed by atoms with Crippen molar-refractivity contribution >= 4 is 56.0 Å². The van der Waals surface area contributed by atoms with E-state index in [0.29, 0.717) is 17.4 Å². The van der Waals surface area contributed by atoms with Crippen LogP contribution in [-0.2, 0) is 17.6 Å². The van der Waals surface area contributed by atoms with E-state index < -0.39 is 0 Å². The number of ether oxygens (including phenoxy) is 2. The number of nitrogens with zero attached hydrogens (tertiary/aromatic N) is 1. The van der Waals surface area contributed by atoms with E-state index in [1.54, 1.807) is 0 Å². The zero-order chi connectivity index (χ0) is 34.1. The maximum absolute atomic E-state index is 6.62. The van der Waals surface area contributed by atoms with Gasteiger partial charge in [-0.05, 0) is 106 Å². The number of hydrogen-bond acceptors (Lipinski definition) is 5. The van der Waals surface area contributed by atoms with E-state index in [9.17, 15) is 0 Å². The first-order valence-corrected chi connectivity index (χ1v) is 17.7. The molecule has 6 rings (SSSR count). The fourth-order valence-electron chi connectivity index (χ4n) is 6.35. The molecule has 1 heterocycles. The van der Waals surface area contributed by atoms with Crippen LogP contribution in [0.1, 0.15) is 59.6 Å². The molecule has 0 aliphatic carbocycles. The smallest absolute Gasteiger partial charge is 0.189 e. The lowest BCUT2D eigenvalue weighted by Crippen LogP contribution is -2.13. The van der Waals surface area contributed by atoms with Crippen molar-refractivity contribution in [1.82, 2.24) is 4.98 Å². The Bertz CT molecular complexity index is 2080. The zero-order valence-corrected chi connectivity index (χ0v) is 30.5. The molecule has 0 radical (unpaired) electrons. The second kappa shape index (κ2) is 14.0. The van der Waals surface area contributed by atoms with E-state index >= 15 is 0 Å². The van der Waals surface area contributed by atoms with Crippen LogP contribution in [0.2, 0.25) is 5.02 Å². The van der Waals surface area contributed by atoms with Gasteiger partial charge in [-0.15, -0.1) is 0 Å². The molecular weight excluding hydrogens is 634 g/mol. The molecule has 0 spiro atoms. The van der Waals surface area contributed by atoms with Gasteiger partial charge in [0.15, 0.2) is 6.79 Å². The summed E-state index contributed by atoms with van der Waals surface area (Å²) in [5, 5.41) is 7.07. The van der Waals surface area contributed by atoms with Crippen molar-refractivity contribution in [3.8, 4) is 22.8 Å². The van der Waals surface area contributed by atoms with E-state index in [4.69, 9.17) is 30.2 Å². The maximum atomic E-state index is 6.62. The molecule has 0 atom stereocenters. The summed E-state index contributed by atoms with van der Waals surface area (Å²) in [5.74, 6) is 1.51. The van der Waals surface area contributed by atoms with Crippen LogP contribution in [0.4, 0.5) is 0 Å². The van der Waals surface area contributed by atoms with Crippen LogP contribution in [0.3, 0.4) is 0 Å². The number of aromatic nitrogens is 1. The molecular formula is C42H44ClNO3S. The fraction of sp³-hybridized carbons (Fsp3) is 0.310. The van der Waals surface area contributed by atoms with Crippen LogP contribution >= 0.6 is 23.6 Å². The minimum absolute atomic E-state index is 0.00160. The molecule has 0 bridgehead atoms. The van der Waals surface area contributed by atoms with Crippen LogP contribution in [0, 0.1) is 10.8 Å². The quantitative estimate of drug-likeness (QED) is 0.0624. The first-order valence-electron chi connectivity index (χ1n) is 16.6. The van der Waals surface area contributed by atoms with Gasteiger partial charge in [0.25, 0.3) is 0 Å². The van der Waals surface area contributed by atoms with Crippen molar-refractivity contribution in [2.75, 3.05) is 13.4 Å². The van der Waals surface area contributed by atoms with Crippen molar-refractivity contribution in [2.45, 2.75) is 66.2 Å². The molecule has 0 aliphatic rings. The van der Waals surface area contributed by atoms with Crippen molar-refractivity contribution < 1.29 is 13.7 Å². The first-order chi connectivity index (χ1) is 22.9. The highest BCUT2D eigenvalue weighted by atomic mass is 35.5. The Morgan fingerprint density at radius 2 is 1.48 bits per heavy atom. The highest BCUT2D eigenvalue weighted by molar-refractivity contribution is 7.95. The summed E-state index contributed by atoms with van der Waals surface area (Å²) in [6, 6.07) is 29.4. The van der Waals surface area contributed by atoms with Gasteiger partial charge in [-0.25, -0.2) is 0 Å². The number of rotatable bonds is 10. The highest BCUT2D eigenvalue weighted by Gasteiger charge is 2.25. The van der Waals surface area contributed by atoms with Crippen molar-refractivity contribution in [2.24, 2.45) is 10.8 Å². The molecule has 0 saturated heterocycles. The minimum atomic E-state index is 0.00160. The summed E-state index contributed by atoms with van der Waals surface area (Å²) in [7, 11) is 0. The Balaban J connectivity index is 1.67. The van der Waals surface area contributed by atoms with E-state index in [1.165, 1.54) is 28.4 Å². The van der Waals surface area contributed by atoms with Crippen LogP contribution in [0.5, 0.6) is 11.5 Å². The molecule has 0 N–H and O–H groups in total. The largest absolute Gasteiger partial charge is 0.467 e. The lowest BCUT2D eigenvalue weighted by Gasteiger charge is -2.25. The molecule has 0 saturated carbocycles. The van der Waals surface area contributed by atoms with Gasteiger partial charge in [0.05, 0.1) is 23.1 Å². The molecule has 0 unspecified atom stereocenters. The number of hydrogen-bond donors (Lipinski definition) is 0. The van der Waals surface area contributed by atoms with Gasteiger partial charge in [-0.3, -0.25) is 4.98 Å². The van der Waals surface area contributed by atoms with E-state index in [2.05, 4.69) is 84.0 Å². The Kier molecular flexibility index (Phi) is 9.94. The maximum Gasteiger partial charge on any atom is 0.189 e. The van der Waals surface area contributed by atoms with Crippen LogP contribution < -0.4 is 8.92 Å². The third-order valence-corrected chi connectivity index (χ3v) is 9.17. The normalized spacial score (nSPS) is 12.2. The van der Waals surface area contributed by atoms with Gasteiger partial charge in [0.1, 0.15) is 11.5 Å². The predicted molar refractivity (Wildman–Crippen MR) is 204 cm³/mol. The Morgan fingerprint density at radius 3 is 2.21 bits per heavy atom. The van der Waals surface area contributed by atoms with E-state index in [0.717, 1.165) is 61.9 Å². The average molecular weight is 678 g/mol. The molecule has 0 fully saturated rings. The molecule has 0 amide bonds. The third-order valence-electron chi connectivity index (χ3n) is 8.21. The average Bonchev–Trinajstić information content (AvgIpc) is 3.03. The van der Waals surface area contributed by atoms with Gasteiger partial charge in [0.2, 0.25) is 0 Å². The minimum Gasteiger partial charge on any atom is -0.467 e. The Labute approximate surface area is 294 Å². The monoisotopic (exact) mass is 677 g/mol. The van der Waals surface area contributed by atoms with Crippen LogP contribution in [0.25, 0.3) is 43.6 Å². The molecule has 5 aromatic carbocycles. The zero-order valence-electron chi connectivity index (χ0n) is 28.9. The summed E-state index contributed by atoms with van der Waals surface area (Å²) >= 11 is 7.83. The van der Waals surface area contributed by atoms with Gasteiger partial charge >= 0.3 is 0 Å². The Hall–Kier alpha value is -3.77. The molecule has 48 heavy (non-hydrogen) atoms. The summed E-state index contributed by atoms with van der Waals surface area (Å²) in [6.45, 7) is 16.3. The number of benzene rings is 5. The molecule has 248 valence electrons. The second-order valence-electron chi connectivity index (χ2n) is 14.8. The lowest BCUT2D eigenvalue weighted by atomic mass is 9.82. The third kappa shape index (κ3) is 7.75. The topological polar surface area (TPSA) is 40.6 Å². The summed E-state index contributed by atoms with van der Waals surface area (Å²) in [6.07, 6.45) is 3.68. The standard InChI is InChI=1S/C42H44ClNO3S/c1-8-45-26-46-40-35(22-28-20-27(24-41(2,3)4)14-16-33(28)36(40)25-42(5,6)7)39-38-34(18-19-44-39)32-17-15-30(43)21-29(32)23-37(38)47-48-31-12-10-9-11-13-31/h9-23H,8,24-26H2,1-7H3. The lowest BCUT2D eigenvalue weighted by molar-refractivity contribution is 0.0221. The molecule has 4 nitrogen and oxygen atoms in total. The Morgan fingerprint density at radius 1 is 0.750 bits per heavy atom. The second-order valence-corrected chi connectivity index (χ2v) is 16.1. The summed E-state index contributed by atoms with van der Waals surface area (Å²) in [4.78, 5) is 6.10. The molecule has 6 heteroatoms. The number of halogens is 1. The van der Waals surface area contributed by atoms with Crippen molar-refractivity contribution in [3.63, 3.8) is 0 Å². The molecule has 1 aromatic heterocycles. The van der Waals surface area contributed by atoms with Crippen molar-refractivity contribution in [1.29, 1.82) is 0 Å². The van der Waals surface area contributed by atoms with Gasteiger partial charge in [0, 0.05) is 33.8 Å². The van der Waals surface area contributed by atoms with Gasteiger partial charge in [-0.1, -0.05) is 95.6 Å². The predicted octanol–water partition coefficient (Wildman–Crippen LogP) is 12.5. The molecule has 6 aromatic rings. The first kappa shape index (κ1) is 34.1. The summed E-state index contributed by atoms with van der Waals surface area (Å²) in [5.41, 5.74) is 4.35. The van der Waals surface area contributed by atoms with E-state index in [1.807, 2.05) is 55.6 Å².